The molecule has 15 heavy (non-hydrogen) atoms. The van der Waals surface area contributed by atoms with Gasteiger partial charge in [-0.25, -0.2) is 4.39 Å². The third-order valence-electron chi connectivity index (χ3n) is 2.58. The van der Waals surface area contributed by atoms with E-state index in [2.05, 4.69) is 5.32 Å². The Balaban J connectivity index is 1.95. The minimum Gasteiger partial charge on any atom is -0.505 e. The zero-order valence-corrected chi connectivity index (χ0v) is 9.19. The highest BCUT2D eigenvalue weighted by atomic mass is 32.2. The van der Waals surface area contributed by atoms with Gasteiger partial charge in [0.05, 0.1) is 0 Å². The van der Waals surface area contributed by atoms with Crippen LogP contribution in [0.2, 0.25) is 0 Å². The second-order valence-electron chi connectivity index (χ2n) is 3.69. The Hall–Kier alpha value is -0.740. The molecule has 1 fully saturated rings. The molecule has 1 aliphatic heterocycles. The van der Waals surface area contributed by atoms with E-state index in [9.17, 15) is 9.50 Å². The topological polar surface area (TPSA) is 32.3 Å². The summed E-state index contributed by atoms with van der Waals surface area (Å²) in [6.45, 7) is 0.537. The van der Waals surface area contributed by atoms with Crippen LogP contribution in [0, 0.1) is 5.82 Å². The van der Waals surface area contributed by atoms with Crippen molar-refractivity contribution in [3.8, 4) is 5.75 Å². The SMILES string of the molecule is Oc1c(F)cccc1CNC1CCSC1. The van der Waals surface area contributed by atoms with Crippen LogP contribution in [-0.4, -0.2) is 22.7 Å². The van der Waals surface area contributed by atoms with Gasteiger partial charge in [-0.15, -0.1) is 0 Å². The van der Waals surface area contributed by atoms with Crippen molar-refractivity contribution in [3.63, 3.8) is 0 Å². The summed E-state index contributed by atoms with van der Waals surface area (Å²) in [5.41, 5.74) is 0.631. The second-order valence-corrected chi connectivity index (χ2v) is 4.84. The summed E-state index contributed by atoms with van der Waals surface area (Å²) in [4.78, 5) is 0. The van der Waals surface area contributed by atoms with Crippen LogP contribution < -0.4 is 5.32 Å². The largest absolute Gasteiger partial charge is 0.505 e. The Kier molecular flexibility index (Phi) is 3.49. The molecule has 0 amide bonds. The van der Waals surface area contributed by atoms with Crippen LogP contribution in [-0.2, 0) is 6.54 Å². The van der Waals surface area contributed by atoms with Gasteiger partial charge < -0.3 is 10.4 Å². The highest BCUT2D eigenvalue weighted by Gasteiger charge is 2.15. The fraction of sp³-hybridized carbons (Fsp3) is 0.455. The van der Waals surface area contributed by atoms with Crippen LogP contribution in [0.25, 0.3) is 0 Å². The second kappa shape index (κ2) is 4.86. The first-order chi connectivity index (χ1) is 7.27. The van der Waals surface area contributed by atoms with Gasteiger partial charge in [-0.05, 0) is 18.2 Å². The van der Waals surface area contributed by atoms with E-state index in [0.29, 0.717) is 18.2 Å². The number of nitrogens with one attached hydrogen (secondary N) is 1. The Morgan fingerprint density at radius 1 is 1.53 bits per heavy atom. The molecule has 1 heterocycles. The number of halogens is 1. The van der Waals surface area contributed by atoms with Crippen molar-refractivity contribution in [2.75, 3.05) is 11.5 Å². The van der Waals surface area contributed by atoms with Crippen LogP contribution in [0.4, 0.5) is 4.39 Å². The molecular formula is C11H14FNOS. The zero-order valence-electron chi connectivity index (χ0n) is 8.37. The molecule has 1 unspecified atom stereocenters. The van der Waals surface area contributed by atoms with E-state index < -0.39 is 5.82 Å². The predicted molar refractivity (Wildman–Crippen MR) is 60.6 cm³/mol. The highest BCUT2D eigenvalue weighted by Crippen LogP contribution is 2.22. The quantitative estimate of drug-likeness (QED) is 0.829. The van der Waals surface area contributed by atoms with E-state index in [1.54, 1.807) is 12.1 Å². The maximum absolute atomic E-state index is 13.0. The molecule has 2 rings (SSSR count). The molecule has 1 aromatic rings. The average molecular weight is 227 g/mol. The maximum Gasteiger partial charge on any atom is 0.165 e. The monoisotopic (exact) mass is 227 g/mol. The van der Waals surface area contributed by atoms with E-state index in [-0.39, 0.29) is 5.75 Å². The minimum absolute atomic E-state index is 0.226. The first kappa shape index (κ1) is 10.8. The molecule has 1 aromatic carbocycles. The van der Waals surface area contributed by atoms with Crippen molar-refractivity contribution < 1.29 is 9.50 Å². The number of rotatable bonds is 3. The number of phenols is 1. The number of hydrogen-bond donors (Lipinski definition) is 2. The first-order valence-electron chi connectivity index (χ1n) is 5.05. The Labute approximate surface area is 92.9 Å². The lowest BCUT2D eigenvalue weighted by Crippen LogP contribution is -2.28. The van der Waals surface area contributed by atoms with Gasteiger partial charge in [0.25, 0.3) is 0 Å². The molecule has 0 bridgehead atoms. The van der Waals surface area contributed by atoms with Gasteiger partial charge >= 0.3 is 0 Å². The van der Waals surface area contributed by atoms with E-state index in [1.807, 2.05) is 11.8 Å². The Bertz CT molecular complexity index is 339. The normalized spacial score (nSPS) is 20.7. The lowest BCUT2D eigenvalue weighted by Gasteiger charge is -2.12. The lowest BCUT2D eigenvalue weighted by atomic mass is 10.1. The summed E-state index contributed by atoms with van der Waals surface area (Å²) < 4.78 is 13.0. The summed E-state index contributed by atoms with van der Waals surface area (Å²) in [6.07, 6.45) is 1.15. The number of para-hydroxylation sites is 1. The maximum atomic E-state index is 13.0. The molecule has 82 valence electrons. The van der Waals surface area contributed by atoms with E-state index in [4.69, 9.17) is 0 Å². The molecule has 0 saturated carbocycles. The third-order valence-corrected chi connectivity index (χ3v) is 3.74. The van der Waals surface area contributed by atoms with Gasteiger partial charge in [0.1, 0.15) is 0 Å². The van der Waals surface area contributed by atoms with E-state index in [0.717, 1.165) is 12.2 Å². The van der Waals surface area contributed by atoms with Crippen LogP contribution in [0.1, 0.15) is 12.0 Å². The Morgan fingerprint density at radius 2 is 2.40 bits per heavy atom. The van der Waals surface area contributed by atoms with Gasteiger partial charge in [-0.2, -0.15) is 11.8 Å². The van der Waals surface area contributed by atoms with Crippen LogP contribution in [0.3, 0.4) is 0 Å². The summed E-state index contributed by atoms with van der Waals surface area (Å²) >= 11 is 1.93. The van der Waals surface area contributed by atoms with Gasteiger partial charge in [0.15, 0.2) is 11.6 Å². The molecule has 0 radical (unpaired) electrons. The van der Waals surface area contributed by atoms with Gasteiger partial charge in [0.2, 0.25) is 0 Å². The van der Waals surface area contributed by atoms with Crippen molar-refractivity contribution in [1.29, 1.82) is 0 Å². The van der Waals surface area contributed by atoms with Gasteiger partial charge in [0, 0.05) is 23.9 Å². The smallest absolute Gasteiger partial charge is 0.165 e. The van der Waals surface area contributed by atoms with Crippen molar-refractivity contribution >= 4 is 11.8 Å². The molecular weight excluding hydrogens is 213 g/mol. The molecule has 4 heteroatoms. The fourth-order valence-electron chi connectivity index (χ4n) is 1.65. The molecule has 2 N–H and O–H groups in total. The molecule has 1 atom stereocenters. The molecule has 2 nitrogen and oxygen atoms in total. The summed E-state index contributed by atoms with van der Waals surface area (Å²) in [6, 6.07) is 5.13. The van der Waals surface area contributed by atoms with E-state index in [1.165, 1.54) is 11.8 Å². The molecule has 0 aliphatic carbocycles. The highest BCUT2D eigenvalue weighted by molar-refractivity contribution is 7.99. The molecule has 0 spiro atoms. The first-order valence-corrected chi connectivity index (χ1v) is 6.20. The van der Waals surface area contributed by atoms with Crippen molar-refractivity contribution in [2.45, 2.75) is 19.0 Å². The number of benzene rings is 1. The number of thioether (sulfide) groups is 1. The standard InChI is InChI=1S/C11H14FNOS/c12-10-3-1-2-8(11(10)14)6-13-9-4-5-15-7-9/h1-3,9,13-14H,4-7H2. The lowest BCUT2D eigenvalue weighted by molar-refractivity contribution is 0.420. The molecule has 0 aromatic heterocycles. The summed E-state index contributed by atoms with van der Waals surface area (Å²) in [7, 11) is 0. The summed E-state index contributed by atoms with van der Waals surface area (Å²) in [5, 5.41) is 12.8. The van der Waals surface area contributed by atoms with Crippen molar-refractivity contribution in [3.05, 3.63) is 29.6 Å². The zero-order chi connectivity index (χ0) is 10.7. The van der Waals surface area contributed by atoms with Crippen LogP contribution in [0.5, 0.6) is 5.75 Å². The number of phenolic OH excluding ortho intramolecular Hbond substituents is 1. The Morgan fingerprint density at radius 3 is 3.13 bits per heavy atom. The van der Waals surface area contributed by atoms with Gasteiger partial charge in [-0.3, -0.25) is 0 Å². The molecule has 1 saturated heterocycles. The average Bonchev–Trinajstić information content (AvgIpc) is 2.73. The predicted octanol–water partition coefficient (Wildman–Crippen LogP) is 2.13. The van der Waals surface area contributed by atoms with Gasteiger partial charge in [-0.1, -0.05) is 12.1 Å². The van der Waals surface area contributed by atoms with Crippen molar-refractivity contribution in [1.82, 2.24) is 5.32 Å². The number of aromatic hydroxyl groups is 1. The fourth-order valence-corrected chi connectivity index (χ4v) is 2.84. The van der Waals surface area contributed by atoms with Crippen LogP contribution >= 0.6 is 11.8 Å². The summed E-state index contributed by atoms with van der Waals surface area (Å²) in [5.74, 6) is 1.52. The van der Waals surface area contributed by atoms with E-state index >= 15 is 0 Å². The third kappa shape index (κ3) is 2.63. The minimum atomic E-state index is -0.546. The van der Waals surface area contributed by atoms with Crippen LogP contribution in [0.15, 0.2) is 18.2 Å². The number of hydrogen-bond acceptors (Lipinski definition) is 3. The molecule has 1 aliphatic rings. The van der Waals surface area contributed by atoms with Crippen molar-refractivity contribution in [2.24, 2.45) is 0 Å².